The van der Waals surface area contributed by atoms with Crippen molar-refractivity contribution in [2.75, 3.05) is 13.1 Å². The lowest BCUT2D eigenvalue weighted by Crippen LogP contribution is -2.36. The monoisotopic (exact) mass is 189 g/mol. The lowest BCUT2D eigenvalue weighted by atomic mass is 10.2. The SMILES string of the molecule is CC(C)C(=O)N1CC2C(C1)C2(F)F. The highest BCUT2D eigenvalue weighted by molar-refractivity contribution is 5.78. The minimum atomic E-state index is -2.48. The number of likely N-dealkylation sites (tertiary alicyclic amines) is 1. The van der Waals surface area contributed by atoms with E-state index < -0.39 is 17.8 Å². The molecule has 2 fully saturated rings. The summed E-state index contributed by atoms with van der Waals surface area (Å²) in [5.74, 6) is -3.65. The van der Waals surface area contributed by atoms with Crippen molar-refractivity contribution >= 4 is 5.91 Å². The first kappa shape index (κ1) is 8.91. The van der Waals surface area contributed by atoms with Gasteiger partial charge in [0, 0.05) is 19.0 Å². The second-order valence-electron chi connectivity index (χ2n) is 4.29. The molecule has 0 N–H and O–H groups in total. The van der Waals surface area contributed by atoms with Crippen molar-refractivity contribution in [1.29, 1.82) is 0 Å². The molecule has 1 heterocycles. The van der Waals surface area contributed by atoms with Gasteiger partial charge in [-0.05, 0) is 0 Å². The van der Waals surface area contributed by atoms with Crippen molar-refractivity contribution in [2.24, 2.45) is 17.8 Å². The Morgan fingerprint density at radius 3 is 2.23 bits per heavy atom. The van der Waals surface area contributed by atoms with E-state index in [1.165, 1.54) is 0 Å². The molecule has 0 aromatic heterocycles. The summed E-state index contributed by atoms with van der Waals surface area (Å²) in [7, 11) is 0. The topological polar surface area (TPSA) is 20.3 Å². The van der Waals surface area contributed by atoms with Gasteiger partial charge in [0.05, 0.1) is 11.8 Å². The molecule has 0 aromatic rings. The van der Waals surface area contributed by atoms with Crippen LogP contribution in [0.25, 0.3) is 0 Å². The fraction of sp³-hybridized carbons (Fsp3) is 0.889. The van der Waals surface area contributed by atoms with Gasteiger partial charge in [-0.15, -0.1) is 0 Å². The number of halogens is 2. The molecular formula is C9H13F2NO. The van der Waals surface area contributed by atoms with E-state index in [1.807, 2.05) is 0 Å². The highest BCUT2D eigenvalue weighted by Gasteiger charge is 2.72. The van der Waals surface area contributed by atoms with Gasteiger partial charge in [0.2, 0.25) is 5.91 Å². The molecular weight excluding hydrogens is 176 g/mol. The van der Waals surface area contributed by atoms with Gasteiger partial charge in [-0.25, -0.2) is 8.78 Å². The van der Waals surface area contributed by atoms with E-state index in [0.29, 0.717) is 0 Å². The molecule has 74 valence electrons. The van der Waals surface area contributed by atoms with Crippen LogP contribution in [0, 0.1) is 17.8 Å². The van der Waals surface area contributed by atoms with Crippen molar-refractivity contribution in [3.05, 3.63) is 0 Å². The van der Waals surface area contributed by atoms with E-state index in [0.717, 1.165) is 0 Å². The summed E-state index contributed by atoms with van der Waals surface area (Å²) in [5, 5.41) is 0. The van der Waals surface area contributed by atoms with Crippen LogP contribution in [0.15, 0.2) is 0 Å². The van der Waals surface area contributed by atoms with Crippen LogP contribution in [0.4, 0.5) is 8.78 Å². The molecule has 2 unspecified atom stereocenters. The average Bonchev–Trinajstić information content (AvgIpc) is 2.53. The summed E-state index contributed by atoms with van der Waals surface area (Å²) in [5.41, 5.74) is 0. The predicted molar refractivity (Wildman–Crippen MR) is 43.3 cm³/mol. The van der Waals surface area contributed by atoms with Gasteiger partial charge < -0.3 is 4.90 Å². The first-order valence-electron chi connectivity index (χ1n) is 4.61. The lowest BCUT2D eigenvalue weighted by Gasteiger charge is -2.21. The van der Waals surface area contributed by atoms with Crippen molar-refractivity contribution in [1.82, 2.24) is 4.90 Å². The Bertz CT molecular complexity index is 238. The van der Waals surface area contributed by atoms with E-state index in [2.05, 4.69) is 0 Å². The number of hydrogen-bond donors (Lipinski definition) is 0. The Morgan fingerprint density at radius 2 is 1.85 bits per heavy atom. The van der Waals surface area contributed by atoms with Crippen LogP contribution in [-0.4, -0.2) is 29.8 Å². The third kappa shape index (κ3) is 1.15. The molecule has 1 saturated carbocycles. The highest BCUT2D eigenvalue weighted by atomic mass is 19.3. The third-order valence-corrected chi connectivity index (χ3v) is 3.01. The summed E-state index contributed by atoms with van der Waals surface area (Å²) in [6, 6.07) is 0. The molecule has 2 rings (SSSR count). The van der Waals surface area contributed by atoms with Crippen LogP contribution in [0.2, 0.25) is 0 Å². The van der Waals surface area contributed by atoms with E-state index in [1.54, 1.807) is 18.7 Å². The van der Waals surface area contributed by atoms with Crippen LogP contribution in [0.1, 0.15) is 13.8 Å². The number of fused-ring (bicyclic) bond motifs is 1. The van der Waals surface area contributed by atoms with Crippen LogP contribution in [0.5, 0.6) is 0 Å². The fourth-order valence-corrected chi connectivity index (χ4v) is 2.05. The van der Waals surface area contributed by atoms with Gasteiger partial charge in [-0.3, -0.25) is 4.79 Å². The molecule has 2 atom stereocenters. The van der Waals surface area contributed by atoms with E-state index in [4.69, 9.17) is 0 Å². The van der Waals surface area contributed by atoms with Crippen molar-refractivity contribution < 1.29 is 13.6 Å². The zero-order valence-electron chi connectivity index (χ0n) is 7.76. The Balaban J connectivity index is 1.94. The molecule has 13 heavy (non-hydrogen) atoms. The van der Waals surface area contributed by atoms with Crippen molar-refractivity contribution in [3.63, 3.8) is 0 Å². The zero-order chi connectivity index (χ0) is 9.80. The maximum absolute atomic E-state index is 12.7. The number of carbonyl (C=O) groups excluding carboxylic acids is 1. The van der Waals surface area contributed by atoms with Crippen LogP contribution in [0.3, 0.4) is 0 Å². The van der Waals surface area contributed by atoms with Gasteiger partial charge >= 0.3 is 0 Å². The average molecular weight is 189 g/mol. The largest absolute Gasteiger partial charge is 0.341 e. The van der Waals surface area contributed by atoms with Gasteiger partial charge in [0.15, 0.2) is 0 Å². The summed E-state index contributed by atoms with van der Waals surface area (Å²) in [6.07, 6.45) is 0. The molecule has 2 nitrogen and oxygen atoms in total. The third-order valence-electron chi connectivity index (χ3n) is 3.01. The van der Waals surface area contributed by atoms with Crippen LogP contribution < -0.4 is 0 Å². The molecule has 1 aliphatic carbocycles. The molecule has 0 radical (unpaired) electrons. The minimum absolute atomic E-state index is 0.00278. The van der Waals surface area contributed by atoms with Crippen LogP contribution >= 0.6 is 0 Å². The maximum Gasteiger partial charge on any atom is 0.258 e. The summed E-state index contributed by atoms with van der Waals surface area (Å²) in [4.78, 5) is 13.0. The minimum Gasteiger partial charge on any atom is -0.341 e. The number of piperidine rings is 1. The molecule has 0 aromatic carbocycles. The number of nitrogens with zero attached hydrogens (tertiary/aromatic N) is 1. The smallest absolute Gasteiger partial charge is 0.258 e. The summed E-state index contributed by atoms with van der Waals surface area (Å²) < 4.78 is 25.5. The predicted octanol–water partition coefficient (Wildman–Crippen LogP) is 1.37. The van der Waals surface area contributed by atoms with Gasteiger partial charge in [-0.1, -0.05) is 13.8 Å². The molecule has 0 bridgehead atoms. The van der Waals surface area contributed by atoms with E-state index >= 15 is 0 Å². The summed E-state index contributed by atoms with van der Waals surface area (Å²) >= 11 is 0. The van der Waals surface area contributed by atoms with E-state index in [9.17, 15) is 13.6 Å². The normalized spacial score (nSPS) is 35.0. The molecule has 0 spiro atoms. The highest BCUT2D eigenvalue weighted by Crippen LogP contribution is 2.59. The Hall–Kier alpha value is -0.670. The zero-order valence-corrected chi connectivity index (χ0v) is 7.76. The lowest BCUT2D eigenvalue weighted by molar-refractivity contribution is -0.134. The fourth-order valence-electron chi connectivity index (χ4n) is 2.05. The van der Waals surface area contributed by atoms with Crippen molar-refractivity contribution in [2.45, 2.75) is 19.8 Å². The second-order valence-corrected chi connectivity index (χ2v) is 4.29. The summed E-state index contributed by atoms with van der Waals surface area (Å²) in [6.45, 7) is 4.11. The van der Waals surface area contributed by atoms with Gasteiger partial charge in [-0.2, -0.15) is 0 Å². The number of rotatable bonds is 1. The quantitative estimate of drug-likeness (QED) is 0.610. The standard InChI is InChI=1S/C9H13F2NO/c1-5(2)8(13)12-3-6-7(4-12)9(6,10)11/h5-7H,3-4H2,1-2H3. The van der Waals surface area contributed by atoms with Crippen molar-refractivity contribution in [3.8, 4) is 0 Å². The Morgan fingerprint density at radius 1 is 1.38 bits per heavy atom. The van der Waals surface area contributed by atoms with Gasteiger partial charge in [0.25, 0.3) is 5.92 Å². The molecule has 2 aliphatic rings. The Kier molecular flexibility index (Phi) is 1.66. The van der Waals surface area contributed by atoms with Crippen LogP contribution in [-0.2, 0) is 4.79 Å². The number of hydrogen-bond acceptors (Lipinski definition) is 1. The molecule has 1 aliphatic heterocycles. The van der Waals surface area contributed by atoms with Gasteiger partial charge in [0.1, 0.15) is 0 Å². The molecule has 4 heteroatoms. The second kappa shape index (κ2) is 2.42. The molecule has 1 amide bonds. The number of amides is 1. The molecule has 1 saturated heterocycles. The maximum atomic E-state index is 12.7. The number of alkyl halides is 2. The first-order valence-corrected chi connectivity index (χ1v) is 4.61. The number of carbonyl (C=O) groups is 1. The Labute approximate surface area is 75.9 Å². The first-order chi connectivity index (χ1) is 5.94. The van der Waals surface area contributed by atoms with E-state index in [-0.39, 0.29) is 24.9 Å².